The summed E-state index contributed by atoms with van der Waals surface area (Å²) >= 11 is 1.41. The number of aliphatic hydroxyl groups excluding tert-OH is 1. The number of aromatic nitrogens is 1. The molecule has 1 aliphatic rings. The van der Waals surface area contributed by atoms with Crippen LogP contribution >= 0.6 is 11.3 Å². The molecule has 6 nitrogen and oxygen atoms in total. The van der Waals surface area contributed by atoms with Gasteiger partial charge in [0.2, 0.25) is 0 Å². The highest BCUT2D eigenvalue weighted by atomic mass is 32.1. The largest absolute Gasteiger partial charge is 0.507 e. The minimum Gasteiger partial charge on any atom is -0.507 e. The van der Waals surface area contributed by atoms with E-state index in [1.165, 1.54) is 16.2 Å². The molecular weight excluding hydrogens is 400 g/mol. The number of thiophene rings is 1. The summed E-state index contributed by atoms with van der Waals surface area (Å²) in [6.07, 6.45) is 1.58. The number of carbonyl (C=O) groups excluding carboxylic acids is 2. The summed E-state index contributed by atoms with van der Waals surface area (Å²) < 4.78 is 5.63. The molecule has 1 atom stereocenters. The van der Waals surface area contributed by atoms with Gasteiger partial charge in [0, 0.05) is 16.6 Å². The molecule has 0 aliphatic carbocycles. The maximum atomic E-state index is 13.0. The van der Waals surface area contributed by atoms with Crippen molar-refractivity contribution in [3.05, 3.63) is 82.2 Å². The van der Waals surface area contributed by atoms with E-state index in [9.17, 15) is 14.7 Å². The van der Waals surface area contributed by atoms with Gasteiger partial charge in [0.25, 0.3) is 5.78 Å². The quantitative estimate of drug-likeness (QED) is 0.372. The lowest BCUT2D eigenvalue weighted by molar-refractivity contribution is -0.132. The summed E-state index contributed by atoms with van der Waals surface area (Å²) in [4.78, 5) is 32.2. The highest BCUT2D eigenvalue weighted by Gasteiger charge is 2.47. The number of hydrogen-bond donors (Lipinski definition) is 1. The van der Waals surface area contributed by atoms with Crippen molar-refractivity contribution in [2.24, 2.45) is 0 Å². The molecule has 4 rings (SSSR count). The van der Waals surface area contributed by atoms with E-state index in [1.54, 1.807) is 48.7 Å². The number of rotatable bonds is 5. The molecule has 152 valence electrons. The molecule has 1 saturated heterocycles. The number of hydrogen-bond acceptors (Lipinski definition) is 6. The third-order valence-corrected chi connectivity index (χ3v) is 5.58. The molecule has 7 heteroatoms. The van der Waals surface area contributed by atoms with Crippen LogP contribution in [-0.2, 0) is 9.59 Å². The van der Waals surface area contributed by atoms with Gasteiger partial charge in [0.05, 0.1) is 11.7 Å². The number of carbonyl (C=O) groups is 2. The van der Waals surface area contributed by atoms with E-state index >= 15 is 0 Å². The van der Waals surface area contributed by atoms with Crippen LogP contribution in [0.15, 0.2) is 71.7 Å². The van der Waals surface area contributed by atoms with Crippen LogP contribution < -0.4 is 9.64 Å². The van der Waals surface area contributed by atoms with Crippen molar-refractivity contribution in [1.29, 1.82) is 0 Å². The van der Waals surface area contributed by atoms with Crippen molar-refractivity contribution < 1.29 is 19.4 Å². The van der Waals surface area contributed by atoms with Crippen LogP contribution in [0.3, 0.4) is 0 Å². The molecule has 0 bridgehead atoms. The zero-order chi connectivity index (χ0) is 21.3. The molecule has 1 N–H and O–H groups in total. The van der Waals surface area contributed by atoms with Crippen molar-refractivity contribution >= 4 is 34.6 Å². The molecule has 1 unspecified atom stereocenters. The molecule has 3 heterocycles. The predicted molar refractivity (Wildman–Crippen MR) is 116 cm³/mol. The van der Waals surface area contributed by atoms with E-state index in [4.69, 9.17) is 4.74 Å². The molecule has 1 aromatic carbocycles. The van der Waals surface area contributed by atoms with E-state index in [0.29, 0.717) is 17.1 Å². The minimum absolute atomic E-state index is 0.0203. The summed E-state index contributed by atoms with van der Waals surface area (Å²) in [5, 5.41) is 12.9. The predicted octanol–water partition coefficient (Wildman–Crippen LogP) is 4.56. The van der Waals surface area contributed by atoms with Crippen molar-refractivity contribution in [1.82, 2.24) is 4.98 Å². The van der Waals surface area contributed by atoms with E-state index in [-0.39, 0.29) is 17.4 Å². The second-order valence-electron chi connectivity index (χ2n) is 7.06. The van der Waals surface area contributed by atoms with Gasteiger partial charge in [-0.3, -0.25) is 14.5 Å². The fourth-order valence-corrected chi connectivity index (χ4v) is 4.22. The van der Waals surface area contributed by atoms with Gasteiger partial charge in [0.15, 0.2) is 0 Å². The zero-order valence-corrected chi connectivity index (χ0v) is 17.3. The summed E-state index contributed by atoms with van der Waals surface area (Å²) in [5.41, 5.74) is 0.484. The van der Waals surface area contributed by atoms with Gasteiger partial charge in [0.1, 0.15) is 23.4 Å². The Hall–Kier alpha value is -3.45. The Kier molecular flexibility index (Phi) is 5.37. The molecule has 0 saturated carbocycles. The average Bonchev–Trinajstić information content (AvgIpc) is 3.35. The SMILES string of the molecule is CC(C)Oc1ccc(C(O)=C2C(=O)C(=O)N(c3ccccn3)C2c2cccs2)cc1. The number of ether oxygens (including phenoxy) is 1. The van der Waals surface area contributed by atoms with E-state index in [0.717, 1.165) is 4.88 Å². The Bertz CT molecular complexity index is 1090. The van der Waals surface area contributed by atoms with Crippen LogP contribution in [0.5, 0.6) is 5.75 Å². The maximum Gasteiger partial charge on any atom is 0.301 e. The van der Waals surface area contributed by atoms with E-state index < -0.39 is 17.7 Å². The van der Waals surface area contributed by atoms with Gasteiger partial charge in [-0.2, -0.15) is 0 Å². The van der Waals surface area contributed by atoms with Crippen LogP contribution in [0.1, 0.15) is 30.3 Å². The number of nitrogens with zero attached hydrogens (tertiary/aromatic N) is 2. The zero-order valence-electron chi connectivity index (χ0n) is 16.5. The van der Waals surface area contributed by atoms with Crippen LogP contribution in [-0.4, -0.2) is 27.9 Å². The lowest BCUT2D eigenvalue weighted by Gasteiger charge is -2.23. The van der Waals surface area contributed by atoms with Crippen molar-refractivity contribution in [3.63, 3.8) is 0 Å². The summed E-state index contributed by atoms with van der Waals surface area (Å²) in [7, 11) is 0. The highest BCUT2D eigenvalue weighted by molar-refractivity contribution is 7.10. The highest BCUT2D eigenvalue weighted by Crippen LogP contribution is 2.42. The Labute approximate surface area is 178 Å². The molecule has 3 aromatic rings. The Morgan fingerprint density at radius 3 is 2.47 bits per heavy atom. The molecule has 1 amide bonds. The first-order valence-electron chi connectivity index (χ1n) is 9.50. The van der Waals surface area contributed by atoms with Gasteiger partial charge in [-0.1, -0.05) is 12.1 Å². The second kappa shape index (κ2) is 8.12. The molecule has 0 spiro atoms. The first-order valence-corrected chi connectivity index (χ1v) is 10.4. The molecule has 0 radical (unpaired) electrons. The number of Topliss-reactive ketones (excluding diaryl/α,β-unsaturated/α-hetero) is 1. The van der Waals surface area contributed by atoms with Gasteiger partial charge in [-0.15, -0.1) is 11.3 Å². The molecule has 1 fully saturated rings. The van der Waals surface area contributed by atoms with E-state index in [1.807, 2.05) is 31.4 Å². The molecule has 2 aromatic heterocycles. The van der Waals surface area contributed by atoms with E-state index in [2.05, 4.69) is 4.98 Å². The van der Waals surface area contributed by atoms with Gasteiger partial charge < -0.3 is 9.84 Å². The van der Waals surface area contributed by atoms with Crippen LogP contribution in [0.2, 0.25) is 0 Å². The van der Waals surface area contributed by atoms with Crippen molar-refractivity contribution in [2.45, 2.75) is 26.0 Å². The number of ketones is 1. The van der Waals surface area contributed by atoms with Gasteiger partial charge >= 0.3 is 5.91 Å². The molecular formula is C23H20N2O4S. The fourth-order valence-electron chi connectivity index (χ4n) is 3.40. The number of pyridine rings is 1. The Morgan fingerprint density at radius 1 is 1.10 bits per heavy atom. The van der Waals surface area contributed by atoms with Crippen molar-refractivity contribution in [2.75, 3.05) is 4.90 Å². The summed E-state index contributed by atoms with van der Waals surface area (Å²) in [6.45, 7) is 3.85. The lowest BCUT2D eigenvalue weighted by atomic mass is 10.00. The second-order valence-corrected chi connectivity index (χ2v) is 8.04. The first kappa shape index (κ1) is 19.8. The van der Waals surface area contributed by atoms with Crippen LogP contribution in [0.4, 0.5) is 5.82 Å². The first-order chi connectivity index (χ1) is 14.5. The van der Waals surface area contributed by atoms with Gasteiger partial charge in [-0.05, 0) is 61.7 Å². The number of amides is 1. The molecule has 30 heavy (non-hydrogen) atoms. The molecule has 1 aliphatic heterocycles. The van der Waals surface area contributed by atoms with Crippen LogP contribution in [0.25, 0.3) is 5.76 Å². The number of benzene rings is 1. The normalized spacial score (nSPS) is 18.2. The average molecular weight is 420 g/mol. The van der Waals surface area contributed by atoms with Crippen molar-refractivity contribution in [3.8, 4) is 5.75 Å². The monoisotopic (exact) mass is 420 g/mol. The summed E-state index contributed by atoms with van der Waals surface area (Å²) in [6, 6.07) is 14.9. The maximum absolute atomic E-state index is 13.0. The Balaban J connectivity index is 1.82. The number of aliphatic hydroxyl groups is 1. The third-order valence-electron chi connectivity index (χ3n) is 4.65. The third kappa shape index (κ3) is 3.59. The van der Waals surface area contributed by atoms with Crippen LogP contribution in [0, 0.1) is 0 Å². The Morgan fingerprint density at radius 2 is 1.87 bits per heavy atom. The topological polar surface area (TPSA) is 79.7 Å². The number of anilines is 1. The smallest absolute Gasteiger partial charge is 0.301 e. The standard InChI is InChI=1S/C23H20N2O4S/c1-14(2)29-16-10-8-15(9-11-16)21(26)19-20(17-6-5-13-30-17)25(23(28)22(19)27)18-7-3-4-12-24-18/h3-14,20,26H,1-2H3. The lowest BCUT2D eigenvalue weighted by Crippen LogP contribution is -2.29. The fraction of sp³-hybridized carbons (Fsp3) is 0.174. The van der Waals surface area contributed by atoms with Gasteiger partial charge in [-0.25, -0.2) is 4.98 Å². The minimum atomic E-state index is -0.744. The summed E-state index contributed by atoms with van der Waals surface area (Å²) in [5.74, 6) is -0.656.